The van der Waals surface area contributed by atoms with E-state index < -0.39 is 0 Å². The van der Waals surface area contributed by atoms with Gasteiger partial charge in [0.05, 0.1) is 5.92 Å². The molecule has 4 nitrogen and oxygen atoms in total. The van der Waals surface area contributed by atoms with Gasteiger partial charge in [-0.1, -0.05) is 29.8 Å². The molecule has 0 spiro atoms. The SMILES string of the molecule is CNC(=O)C1CCCN(C(c2cccc(C)c2)C(C)N)C1. The largest absolute Gasteiger partial charge is 0.359 e. The van der Waals surface area contributed by atoms with Crippen molar-refractivity contribution in [1.29, 1.82) is 0 Å². The minimum atomic E-state index is 0.0373. The van der Waals surface area contributed by atoms with Crippen LogP contribution in [0.15, 0.2) is 24.3 Å². The van der Waals surface area contributed by atoms with Gasteiger partial charge in [0.15, 0.2) is 0 Å². The molecule has 1 amide bonds. The Kier molecular flexibility index (Phi) is 5.37. The third-order valence-electron chi connectivity index (χ3n) is 4.35. The minimum absolute atomic E-state index is 0.0373. The molecule has 1 fully saturated rings. The molecule has 21 heavy (non-hydrogen) atoms. The van der Waals surface area contributed by atoms with E-state index in [4.69, 9.17) is 5.73 Å². The summed E-state index contributed by atoms with van der Waals surface area (Å²) in [7, 11) is 1.71. The maximum Gasteiger partial charge on any atom is 0.224 e. The number of nitrogens with one attached hydrogen (secondary N) is 1. The topological polar surface area (TPSA) is 58.4 Å². The second kappa shape index (κ2) is 7.05. The van der Waals surface area contributed by atoms with Crippen molar-refractivity contribution in [3.8, 4) is 0 Å². The number of carbonyl (C=O) groups is 1. The molecule has 116 valence electrons. The van der Waals surface area contributed by atoms with Gasteiger partial charge in [0.2, 0.25) is 5.91 Å². The molecule has 0 aromatic heterocycles. The summed E-state index contributed by atoms with van der Waals surface area (Å²) in [5.41, 5.74) is 8.76. The zero-order chi connectivity index (χ0) is 15.4. The van der Waals surface area contributed by atoms with Gasteiger partial charge >= 0.3 is 0 Å². The fourth-order valence-corrected chi connectivity index (χ4v) is 3.38. The van der Waals surface area contributed by atoms with E-state index in [1.54, 1.807) is 7.05 Å². The molecule has 1 aliphatic rings. The lowest BCUT2D eigenvalue weighted by molar-refractivity contribution is -0.126. The molecule has 0 radical (unpaired) electrons. The monoisotopic (exact) mass is 289 g/mol. The third kappa shape index (κ3) is 3.83. The Morgan fingerprint density at radius 1 is 1.48 bits per heavy atom. The fraction of sp³-hybridized carbons (Fsp3) is 0.588. The van der Waals surface area contributed by atoms with Crippen molar-refractivity contribution in [2.75, 3.05) is 20.1 Å². The number of piperidine rings is 1. The Morgan fingerprint density at radius 3 is 2.86 bits per heavy atom. The van der Waals surface area contributed by atoms with E-state index in [9.17, 15) is 4.79 Å². The quantitative estimate of drug-likeness (QED) is 0.889. The van der Waals surface area contributed by atoms with Crippen LogP contribution in [0.4, 0.5) is 0 Å². The summed E-state index contributed by atoms with van der Waals surface area (Å²) in [6, 6.07) is 8.75. The number of nitrogens with zero attached hydrogens (tertiary/aromatic N) is 1. The van der Waals surface area contributed by atoms with Crippen LogP contribution in [0.2, 0.25) is 0 Å². The number of rotatable bonds is 4. The smallest absolute Gasteiger partial charge is 0.224 e. The minimum Gasteiger partial charge on any atom is -0.359 e. The summed E-state index contributed by atoms with van der Waals surface area (Å²) in [5, 5.41) is 2.78. The molecule has 2 rings (SSSR count). The third-order valence-corrected chi connectivity index (χ3v) is 4.35. The molecule has 1 aliphatic heterocycles. The van der Waals surface area contributed by atoms with Crippen LogP contribution in [-0.2, 0) is 4.79 Å². The number of amides is 1. The van der Waals surface area contributed by atoms with Gasteiger partial charge < -0.3 is 11.1 Å². The normalized spacial score (nSPS) is 22.6. The number of likely N-dealkylation sites (tertiary alicyclic amines) is 1. The first-order chi connectivity index (χ1) is 10.0. The van der Waals surface area contributed by atoms with Gasteiger partial charge in [-0.25, -0.2) is 0 Å². The van der Waals surface area contributed by atoms with Crippen molar-refractivity contribution in [2.45, 2.75) is 38.8 Å². The number of hydrogen-bond donors (Lipinski definition) is 2. The van der Waals surface area contributed by atoms with Crippen LogP contribution in [-0.4, -0.2) is 37.0 Å². The van der Waals surface area contributed by atoms with Crippen molar-refractivity contribution in [1.82, 2.24) is 10.2 Å². The lowest BCUT2D eigenvalue weighted by atomic mass is 9.91. The average molecular weight is 289 g/mol. The lowest BCUT2D eigenvalue weighted by Crippen LogP contribution is -2.47. The van der Waals surface area contributed by atoms with Crippen LogP contribution in [0.25, 0.3) is 0 Å². The van der Waals surface area contributed by atoms with E-state index >= 15 is 0 Å². The highest BCUT2D eigenvalue weighted by Gasteiger charge is 2.31. The molecule has 4 heteroatoms. The number of benzene rings is 1. The van der Waals surface area contributed by atoms with E-state index in [0.717, 1.165) is 25.9 Å². The second-order valence-electron chi connectivity index (χ2n) is 6.17. The Bertz CT molecular complexity index is 487. The maximum absolute atomic E-state index is 11.9. The standard InChI is InChI=1S/C17H27N3O/c1-12-6-4-7-14(10-12)16(13(2)18)20-9-5-8-15(11-20)17(21)19-3/h4,6-7,10,13,15-16H,5,8-9,11,18H2,1-3H3,(H,19,21). The highest BCUT2D eigenvalue weighted by Crippen LogP contribution is 2.29. The summed E-state index contributed by atoms with van der Waals surface area (Å²) >= 11 is 0. The molecule has 1 saturated heterocycles. The van der Waals surface area contributed by atoms with Crippen LogP contribution in [0.5, 0.6) is 0 Å². The summed E-state index contributed by atoms with van der Waals surface area (Å²) < 4.78 is 0. The van der Waals surface area contributed by atoms with Gasteiger partial charge in [-0.3, -0.25) is 9.69 Å². The van der Waals surface area contributed by atoms with Crippen LogP contribution in [0.1, 0.15) is 36.9 Å². The summed E-state index contributed by atoms with van der Waals surface area (Å²) in [5.74, 6) is 0.224. The fourth-order valence-electron chi connectivity index (χ4n) is 3.38. The average Bonchev–Trinajstić information content (AvgIpc) is 2.46. The highest BCUT2D eigenvalue weighted by molar-refractivity contribution is 5.78. The van der Waals surface area contributed by atoms with E-state index in [0.29, 0.717) is 0 Å². The Hall–Kier alpha value is -1.39. The number of hydrogen-bond acceptors (Lipinski definition) is 3. The summed E-state index contributed by atoms with van der Waals surface area (Å²) in [4.78, 5) is 14.3. The molecule has 0 bridgehead atoms. The summed E-state index contributed by atoms with van der Waals surface area (Å²) in [6.07, 6.45) is 2.02. The Balaban J connectivity index is 2.20. The van der Waals surface area contributed by atoms with Gasteiger partial charge in [-0.2, -0.15) is 0 Å². The molecular formula is C17H27N3O. The van der Waals surface area contributed by atoms with E-state index in [1.165, 1.54) is 11.1 Å². The first kappa shape index (κ1) is 16.0. The van der Waals surface area contributed by atoms with Crippen LogP contribution in [0.3, 0.4) is 0 Å². The molecule has 0 saturated carbocycles. The first-order valence-electron chi connectivity index (χ1n) is 7.80. The molecule has 1 aromatic rings. The molecule has 3 N–H and O–H groups in total. The van der Waals surface area contributed by atoms with Crippen molar-refractivity contribution >= 4 is 5.91 Å². The molecule has 1 heterocycles. The maximum atomic E-state index is 11.9. The van der Waals surface area contributed by atoms with Gasteiger partial charge in [0, 0.05) is 25.7 Å². The molecular weight excluding hydrogens is 262 g/mol. The summed E-state index contributed by atoms with van der Waals surface area (Å²) in [6.45, 7) is 5.95. The highest BCUT2D eigenvalue weighted by atomic mass is 16.1. The van der Waals surface area contributed by atoms with E-state index in [1.807, 2.05) is 0 Å². The predicted molar refractivity (Wildman–Crippen MR) is 85.9 cm³/mol. The lowest BCUT2D eigenvalue weighted by Gasteiger charge is -2.39. The van der Waals surface area contributed by atoms with Crippen molar-refractivity contribution < 1.29 is 4.79 Å². The zero-order valence-electron chi connectivity index (χ0n) is 13.3. The first-order valence-corrected chi connectivity index (χ1v) is 7.80. The van der Waals surface area contributed by atoms with Crippen molar-refractivity contribution in [2.24, 2.45) is 11.7 Å². The van der Waals surface area contributed by atoms with Crippen molar-refractivity contribution in [3.63, 3.8) is 0 Å². The molecule has 1 aromatic carbocycles. The van der Waals surface area contributed by atoms with E-state index in [2.05, 4.69) is 48.3 Å². The second-order valence-corrected chi connectivity index (χ2v) is 6.17. The van der Waals surface area contributed by atoms with Crippen molar-refractivity contribution in [3.05, 3.63) is 35.4 Å². The number of nitrogens with two attached hydrogens (primary N) is 1. The Morgan fingerprint density at radius 2 is 2.24 bits per heavy atom. The molecule has 3 unspecified atom stereocenters. The molecule has 0 aliphatic carbocycles. The zero-order valence-corrected chi connectivity index (χ0v) is 13.3. The number of carbonyl (C=O) groups excluding carboxylic acids is 1. The van der Waals surface area contributed by atoms with Crippen LogP contribution >= 0.6 is 0 Å². The van der Waals surface area contributed by atoms with Gasteiger partial charge in [0.25, 0.3) is 0 Å². The van der Waals surface area contributed by atoms with Gasteiger partial charge in [0.1, 0.15) is 0 Å². The Labute approximate surface area is 127 Å². The van der Waals surface area contributed by atoms with Crippen LogP contribution in [0, 0.1) is 12.8 Å². The van der Waals surface area contributed by atoms with Crippen LogP contribution < -0.4 is 11.1 Å². The predicted octanol–water partition coefficient (Wildman–Crippen LogP) is 1.84. The van der Waals surface area contributed by atoms with Gasteiger partial charge in [-0.15, -0.1) is 0 Å². The molecule has 3 atom stereocenters. The number of aryl methyl sites for hydroxylation is 1. The van der Waals surface area contributed by atoms with E-state index in [-0.39, 0.29) is 23.9 Å². The van der Waals surface area contributed by atoms with Gasteiger partial charge in [-0.05, 0) is 38.8 Å².